The van der Waals surface area contributed by atoms with Gasteiger partial charge in [0, 0.05) is 40.8 Å². The highest BCUT2D eigenvalue weighted by molar-refractivity contribution is 6.35. The lowest BCUT2D eigenvalue weighted by Crippen LogP contribution is -2.00. The van der Waals surface area contributed by atoms with Crippen LogP contribution in [0.1, 0.15) is 37.6 Å². The van der Waals surface area contributed by atoms with E-state index < -0.39 is 0 Å². The van der Waals surface area contributed by atoms with Crippen LogP contribution in [-0.4, -0.2) is 16.2 Å². The van der Waals surface area contributed by atoms with Crippen molar-refractivity contribution in [3.63, 3.8) is 0 Å². The fourth-order valence-electron chi connectivity index (χ4n) is 2.99. The first-order valence-electron chi connectivity index (χ1n) is 8.90. The van der Waals surface area contributed by atoms with Gasteiger partial charge in [-0.15, -0.1) is 0 Å². The molecule has 0 radical (unpaired) electrons. The maximum absolute atomic E-state index is 6.21. The Morgan fingerprint density at radius 1 is 1.18 bits per heavy atom. The number of aromatic nitrogens is 2. The Morgan fingerprint density at radius 3 is 2.54 bits per heavy atom. The van der Waals surface area contributed by atoms with Gasteiger partial charge in [0.15, 0.2) is 0 Å². The van der Waals surface area contributed by atoms with E-state index in [0.717, 1.165) is 33.4 Å². The molecule has 3 rings (SSSR count). The van der Waals surface area contributed by atoms with Crippen molar-refractivity contribution in [2.45, 2.75) is 34.3 Å². The molecule has 1 aromatic carbocycles. The molecule has 0 aliphatic heterocycles. The number of halogens is 2. The lowest BCUT2D eigenvalue weighted by Gasteiger charge is -2.14. The van der Waals surface area contributed by atoms with Crippen LogP contribution in [0.5, 0.6) is 5.75 Å². The maximum Gasteiger partial charge on any atom is 0.146 e. The Labute approximate surface area is 174 Å². The van der Waals surface area contributed by atoms with Crippen LogP contribution in [0.2, 0.25) is 10.0 Å². The Bertz CT molecular complexity index is 1070. The van der Waals surface area contributed by atoms with Crippen LogP contribution in [0.3, 0.4) is 0 Å². The Morgan fingerprint density at radius 2 is 1.89 bits per heavy atom. The number of aryl methyl sites for hydroxylation is 1. The Kier molecular flexibility index (Phi) is 6.32. The van der Waals surface area contributed by atoms with Gasteiger partial charge in [-0.2, -0.15) is 0 Å². The second-order valence-electron chi connectivity index (χ2n) is 6.57. The van der Waals surface area contributed by atoms with Gasteiger partial charge in [0.05, 0.1) is 15.7 Å². The summed E-state index contributed by atoms with van der Waals surface area (Å²) in [6.45, 7) is 8.22. The van der Waals surface area contributed by atoms with Gasteiger partial charge in [-0.3, -0.25) is 9.98 Å². The largest absolute Gasteiger partial charge is 0.487 e. The average Bonchev–Trinajstić information content (AvgIpc) is 2.65. The van der Waals surface area contributed by atoms with Gasteiger partial charge in [-0.1, -0.05) is 40.9 Å². The zero-order valence-electron chi connectivity index (χ0n) is 16.3. The van der Waals surface area contributed by atoms with E-state index in [9.17, 15) is 0 Å². The van der Waals surface area contributed by atoms with Gasteiger partial charge in [0.25, 0.3) is 0 Å². The van der Waals surface area contributed by atoms with Crippen molar-refractivity contribution in [2.24, 2.45) is 4.99 Å². The Hall–Kier alpha value is -2.43. The molecule has 0 aliphatic carbocycles. The summed E-state index contributed by atoms with van der Waals surface area (Å²) in [5.41, 5.74) is 5.48. The molecule has 3 aromatic rings. The minimum absolute atomic E-state index is 0.229. The van der Waals surface area contributed by atoms with Crippen molar-refractivity contribution >= 4 is 46.0 Å². The number of nitrogens with zero attached hydrogens (tertiary/aromatic N) is 3. The number of rotatable bonds is 5. The first-order chi connectivity index (χ1) is 13.4. The maximum atomic E-state index is 6.21. The second kappa shape index (κ2) is 8.72. The van der Waals surface area contributed by atoms with Gasteiger partial charge in [-0.25, -0.2) is 4.98 Å². The third-order valence-electron chi connectivity index (χ3n) is 4.24. The SMILES string of the molecule is CC=NC(=C(C)C)c1cc(C)nc2c(OCc3c(Cl)cncc3Cl)cccc12. The topological polar surface area (TPSA) is 47.4 Å². The number of hydrogen-bond acceptors (Lipinski definition) is 4. The van der Waals surface area contributed by atoms with E-state index in [1.54, 1.807) is 18.6 Å². The minimum Gasteiger partial charge on any atom is -0.487 e. The van der Waals surface area contributed by atoms with E-state index in [0.29, 0.717) is 21.4 Å². The van der Waals surface area contributed by atoms with E-state index in [4.69, 9.17) is 32.9 Å². The number of hydrogen-bond donors (Lipinski definition) is 0. The summed E-state index contributed by atoms with van der Waals surface area (Å²) in [5, 5.41) is 1.93. The molecule has 0 N–H and O–H groups in total. The summed E-state index contributed by atoms with van der Waals surface area (Å²) in [7, 11) is 0. The van der Waals surface area contributed by atoms with Crippen LogP contribution >= 0.6 is 23.2 Å². The van der Waals surface area contributed by atoms with Crippen molar-refractivity contribution in [1.29, 1.82) is 0 Å². The third-order valence-corrected chi connectivity index (χ3v) is 4.89. The van der Waals surface area contributed by atoms with Crippen molar-refractivity contribution in [2.75, 3.05) is 0 Å². The zero-order chi connectivity index (χ0) is 20.3. The lowest BCUT2D eigenvalue weighted by molar-refractivity contribution is 0.309. The molecule has 0 aliphatic rings. The summed E-state index contributed by atoms with van der Waals surface area (Å²) in [4.78, 5) is 13.3. The van der Waals surface area contributed by atoms with E-state index in [-0.39, 0.29) is 6.61 Å². The van der Waals surface area contributed by atoms with E-state index in [1.165, 1.54) is 0 Å². The number of aliphatic imine (C=N–C) groups is 1. The first-order valence-corrected chi connectivity index (χ1v) is 9.65. The molecule has 28 heavy (non-hydrogen) atoms. The monoisotopic (exact) mass is 413 g/mol. The second-order valence-corrected chi connectivity index (χ2v) is 7.38. The van der Waals surface area contributed by atoms with Crippen molar-refractivity contribution in [3.8, 4) is 5.75 Å². The van der Waals surface area contributed by atoms with Crippen LogP contribution in [0.4, 0.5) is 0 Å². The van der Waals surface area contributed by atoms with Gasteiger partial charge in [0.2, 0.25) is 0 Å². The molecular weight excluding hydrogens is 393 g/mol. The van der Waals surface area contributed by atoms with Crippen LogP contribution in [0, 0.1) is 6.92 Å². The molecule has 2 heterocycles. The molecule has 0 saturated heterocycles. The van der Waals surface area contributed by atoms with Crippen LogP contribution in [0.15, 0.2) is 47.2 Å². The van der Waals surface area contributed by atoms with Crippen molar-refractivity contribution in [3.05, 3.63) is 69.1 Å². The molecule has 144 valence electrons. The standard InChI is InChI=1S/C22H21Cl2N3O/c1-5-26-21(13(2)3)16-9-14(4)27-22-15(16)7-6-8-20(22)28-12-17-18(23)10-25-11-19(17)24/h5-11H,12H2,1-4H3. The zero-order valence-corrected chi connectivity index (χ0v) is 17.8. The number of fused-ring (bicyclic) bond motifs is 1. The molecule has 6 heteroatoms. The molecule has 0 fully saturated rings. The fraction of sp³-hybridized carbons (Fsp3) is 0.227. The molecule has 4 nitrogen and oxygen atoms in total. The lowest BCUT2D eigenvalue weighted by atomic mass is 10.0. The average molecular weight is 414 g/mol. The predicted molar refractivity (Wildman–Crippen MR) is 118 cm³/mol. The predicted octanol–water partition coefficient (Wildman–Crippen LogP) is 6.67. The van der Waals surface area contributed by atoms with Gasteiger partial charge in [0.1, 0.15) is 17.9 Å². The molecule has 0 atom stereocenters. The summed E-state index contributed by atoms with van der Waals surface area (Å²) in [5.74, 6) is 0.667. The highest BCUT2D eigenvalue weighted by Crippen LogP contribution is 2.33. The van der Waals surface area contributed by atoms with E-state index in [2.05, 4.69) is 29.9 Å². The number of allylic oxidation sites excluding steroid dienone is 1. The highest BCUT2D eigenvalue weighted by atomic mass is 35.5. The molecule has 0 unspecified atom stereocenters. The summed E-state index contributed by atoms with van der Waals surface area (Å²) >= 11 is 12.4. The summed E-state index contributed by atoms with van der Waals surface area (Å²) in [6, 6.07) is 7.93. The third kappa shape index (κ3) is 4.18. The number of pyridine rings is 2. The van der Waals surface area contributed by atoms with Crippen LogP contribution < -0.4 is 4.74 Å². The van der Waals surface area contributed by atoms with Crippen molar-refractivity contribution < 1.29 is 4.74 Å². The molecule has 0 spiro atoms. The first kappa shape index (κ1) is 20.3. The van der Waals surface area contributed by atoms with Gasteiger partial charge < -0.3 is 4.74 Å². The molecule has 0 bridgehead atoms. The highest BCUT2D eigenvalue weighted by Gasteiger charge is 2.14. The minimum atomic E-state index is 0.229. The van der Waals surface area contributed by atoms with Crippen LogP contribution in [0.25, 0.3) is 16.6 Å². The van der Waals surface area contributed by atoms with Gasteiger partial charge in [-0.05, 0) is 39.8 Å². The molecule has 0 saturated carbocycles. The smallest absolute Gasteiger partial charge is 0.146 e. The summed E-state index contributed by atoms with van der Waals surface area (Å²) < 4.78 is 6.06. The molecule has 2 aromatic heterocycles. The summed E-state index contributed by atoms with van der Waals surface area (Å²) in [6.07, 6.45) is 4.91. The molecule has 0 amide bonds. The quantitative estimate of drug-likeness (QED) is 0.438. The fourth-order valence-corrected chi connectivity index (χ4v) is 3.46. The molecular formula is C22H21Cl2N3O. The Balaban J connectivity index is 2.10. The number of ether oxygens (including phenoxy) is 1. The van der Waals surface area contributed by atoms with Crippen molar-refractivity contribution in [1.82, 2.24) is 9.97 Å². The van der Waals surface area contributed by atoms with E-state index >= 15 is 0 Å². The van der Waals surface area contributed by atoms with Crippen LogP contribution in [-0.2, 0) is 6.61 Å². The normalized spacial score (nSPS) is 11.2. The van der Waals surface area contributed by atoms with E-state index in [1.807, 2.05) is 32.0 Å². The van der Waals surface area contributed by atoms with Gasteiger partial charge >= 0.3 is 0 Å². The number of benzene rings is 1. The number of para-hydroxylation sites is 1.